The molecule has 0 radical (unpaired) electrons. The number of carbonyl (C=O) groups excluding carboxylic acids is 2. The zero-order chi connectivity index (χ0) is 57.8. The van der Waals surface area contributed by atoms with Gasteiger partial charge in [-0.05, 0) is 79.6 Å². The van der Waals surface area contributed by atoms with E-state index < -0.39 is 115 Å². The lowest BCUT2D eigenvalue weighted by atomic mass is 9.89. The number of benzene rings is 6. The third-order valence-corrected chi connectivity index (χ3v) is 19.2. The van der Waals surface area contributed by atoms with Gasteiger partial charge in [0.25, 0.3) is 21.8 Å². The maximum Gasteiger partial charge on any atom is 0.336 e. The molecule has 5 N–H and O–H groups in total. The number of hydrogen-bond donors (Lipinski definition) is 5. The Bertz CT molecular complexity index is 4350. The number of aromatic hydroxyl groups is 1. The van der Waals surface area contributed by atoms with Crippen molar-refractivity contribution in [2.24, 2.45) is 0 Å². The molecule has 23 nitrogen and oxygen atoms in total. The summed E-state index contributed by atoms with van der Waals surface area (Å²) in [5.41, 5.74) is -2.23. The van der Waals surface area contributed by atoms with Gasteiger partial charge in [0.05, 0.1) is 32.5 Å². The summed E-state index contributed by atoms with van der Waals surface area (Å²) in [4.78, 5) is 64.6. The molecule has 1 aliphatic carbocycles. The largest absolute Gasteiger partial charge is 0.506 e. The lowest BCUT2D eigenvalue weighted by Crippen LogP contribution is -2.51. The first-order valence-electron chi connectivity index (χ1n) is 24.2. The maximum absolute atomic E-state index is 14.8. The van der Waals surface area contributed by atoms with Crippen molar-refractivity contribution < 1.29 is 86.3 Å². The van der Waals surface area contributed by atoms with Crippen LogP contribution in [0.4, 0.5) is 0 Å². The van der Waals surface area contributed by atoms with Gasteiger partial charge >= 0.3 is 32.2 Å². The summed E-state index contributed by atoms with van der Waals surface area (Å²) in [7, 11) is -19.3. The molecule has 3 aliphatic rings. The molecule has 6 aromatic rings. The predicted octanol–water partition coefficient (Wildman–Crippen LogP) is 5.24. The number of aromatic nitrogens is 1. The fraction of sp³-hybridized carbons (Fsp3) is 0.208. The number of rotatable bonds is 17. The highest BCUT2D eigenvalue weighted by Crippen LogP contribution is 2.46. The minimum absolute atomic E-state index is 0.0406. The number of piperazine rings is 1. The van der Waals surface area contributed by atoms with Gasteiger partial charge in [-0.3, -0.25) is 28.3 Å². The van der Waals surface area contributed by atoms with E-state index in [1.807, 2.05) is 4.57 Å². The summed E-state index contributed by atoms with van der Waals surface area (Å²) >= 11 is 0. The molecule has 1 aromatic heterocycles. The Morgan fingerprint density at radius 1 is 0.688 bits per heavy atom. The molecule has 80 heavy (non-hydrogen) atoms. The van der Waals surface area contributed by atoms with Crippen molar-refractivity contribution in [1.82, 2.24) is 13.5 Å². The Labute approximate surface area is 456 Å². The van der Waals surface area contributed by atoms with Gasteiger partial charge in [0, 0.05) is 79.8 Å². The van der Waals surface area contributed by atoms with E-state index in [1.165, 1.54) is 27.4 Å². The van der Waals surface area contributed by atoms with Crippen molar-refractivity contribution in [3.05, 3.63) is 148 Å². The number of fused-ring (bicyclic) bond motifs is 4. The monoisotopic (exact) mass is 1170 g/mol. The Balaban J connectivity index is 0.958. The fourth-order valence-electron chi connectivity index (χ4n) is 9.94. The third kappa shape index (κ3) is 10.7. The van der Waals surface area contributed by atoms with Crippen LogP contribution in [-0.2, 0) is 51.6 Å². The second kappa shape index (κ2) is 21.5. The molecule has 27 heteroatoms. The summed E-state index contributed by atoms with van der Waals surface area (Å²) in [6.45, 7) is 0.853. The number of hydrogen-bond acceptors (Lipinski definition) is 15. The molecule has 9 rings (SSSR count). The van der Waals surface area contributed by atoms with Crippen LogP contribution >= 0.6 is 0 Å². The molecule has 2 amide bonds. The number of aryl methyl sites for hydroxylation is 2. The lowest BCUT2D eigenvalue weighted by molar-refractivity contribution is -0.645. The van der Waals surface area contributed by atoms with E-state index in [2.05, 4.69) is 0 Å². The molecule has 2 aliphatic heterocycles. The predicted molar refractivity (Wildman–Crippen MR) is 287 cm³/mol. The number of carboxylic acids is 2. The van der Waals surface area contributed by atoms with E-state index in [0.29, 0.717) is 26.1 Å². The number of carbonyl (C=O) groups is 4. The highest BCUT2D eigenvalue weighted by atomic mass is 32.2. The van der Waals surface area contributed by atoms with Gasteiger partial charge in [0.15, 0.2) is 27.7 Å². The van der Waals surface area contributed by atoms with Gasteiger partial charge in [0.2, 0.25) is 26.5 Å². The quantitative estimate of drug-likeness (QED) is 0.0442. The average molecular weight is 1170 g/mol. The smallest absolute Gasteiger partial charge is 0.336 e. The van der Waals surface area contributed by atoms with Gasteiger partial charge in [-0.1, -0.05) is 48.0 Å². The molecule has 1 saturated heterocycles. The molecule has 0 saturated carbocycles. The summed E-state index contributed by atoms with van der Waals surface area (Å²) in [5, 5.41) is 30.8. The van der Waals surface area contributed by atoms with E-state index in [4.69, 9.17) is 4.42 Å². The average Bonchev–Trinajstić information content (AvgIpc) is 3.46. The van der Waals surface area contributed by atoms with E-state index in [-0.39, 0.29) is 89.4 Å². The number of pyridine rings is 1. The highest BCUT2D eigenvalue weighted by molar-refractivity contribution is 7.89. The van der Waals surface area contributed by atoms with E-state index in [9.17, 15) is 82.1 Å². The zero-order valence-corrected chi connectivity index (χ0v) is 45.2. The van der Waals surface area contributed by atoms with Crippen molar-refractivity contribution in [3.8, 4) is 28.2 Å². The number of sulfonamides is 2. The van der Waals surface area contributed by atoms with Gasteiger partial charge in [-0.2, -0.15) is 25.7 Å². The van der Waals surface area contributed by atoms with Crippen LogP contribution in [0.25, 0.3) is 55.2 Å². The molecule has 5 aromatic carbocycles. The van der Waals surface area contributed by atoms with Crippen LogP contribution < -0.4 is 10.00 Å². The standard InChI is InChI=1S/C53H46N4O19S4/c1-31-13-16-33(17-14-31)78(68,69)57(24-6-12-44(60)61)52(63)46-35-8-2-4-10-40(35)56(41-11-5-3-9-36(41)46)23-7-29-77(66,67)55-27-25-54(26-28-55)51(62)32-15-18-34(39(30-32)53(64)65)45-37-19-21-42(58)49(79(70,71)72)47(37)76-48-38(45)20-22-43(59)50(48)80(73,74)75/h2-5,8-11,13-22,30H,6-7,12,23-29H2,1H3,(H4-,58,59,60,61,64,65,70,71,72,73,74,75)/p+1. The summed E-state index contributed by atoms with van der Waals surface area (Å²) in [6.07, 6.45) is -0.517. The van der Waals surface area contributed by atoms with Crippen LogP contribution in [0, 0.1) is 6.92 Å². The van der Waals surface area contributed by atoms with Crippen molar-refractivity contribution in [2.75, 3.05) is 38.5 Å². The summed E-state index contributed by atoms with van der Waals surface area (Å²) in [6, 6.07) is 26.3. The highest BCUT2D eigenvalue weighted by Gasteiger charge is 2.37. The molecule has 416 valence electrons. The molecule has 0 atom stereocenters. The Hall–Kier alpha value is -8.18. The number of phenolic OH excluding ortho intramolecular Hbond substituents is 1. The normalized spacial score (nSPS) is 13.8. The van der Waals surface area contributed by atoms with Gasteiger partial charge in [-0.25, -0.2) is 25.9 Å². The molecule has 3 heterocycles. The molecular weight excluding hydrogens is 1120 g/mol. The van der Waals surface area contributed by atoms with E-state index in [1.54, 1.807) is 67.6 Å². The first kappa shape index (κ1) is 56.5. The first-order chi connectivity index (χ1) is 37.7. The van der Waals surface area contributed by atoms with E-state index >= 15 is 0 Å². The van der Waals surface area contributed by atoms with Crippen molar-refractivity contribution in [3.63, 3.8) is 0 Å². The maximum atomic E-state index is 14.8. The number of aliphatic carboxylic acids is 1. The van der Waals surface area contributed by atoms with Crippen molar-refractivity contribution in [2.45, 2.75) is 47.4 Å². The minimum Gasteiger partial charge on any atom is -0.506 e. The first-order valence-corrected chi connectivity index (χ1v) is 30.2. The van der Waals surface area contributed by atoms with Gasteiger partial charge < -0.3 is 24.6 Å². The van der Waals surface area contributed by atoms with Gasteiger partial charge in [0.1, 0.15) is 5.75 Å². The van der Waals surface area contributed by atoms with Crippen LogP contribution in [0.2, 0.25) is 0 Å². The SMILES string of the molecule is Cc1ccc(S(=O)(=O)N(CCCC(=O)O)C(=O)c2c3ccccc3[n+](CCCS(=O)(=O)N3CCN(C(=O)c4ccc(-c5c6ccc(=O)c(S(=O)(=O)O)c-6oc6c(S(=O)(=O)O)c(O)ccc56)c(C(=O)O)c4)CC3)c3ccccc23)cc1. The van der Waals surface area contributed by atoms with Gasteiger partial charge in [-0.15, -0.1) is 0 Å². The summed E-state index contributed by atoms with van der Waals surface area (Å²) < 4.78 is 136. The molecule has 0 spiro atoms. The number of amides is 2. The zero-order valence-electron chi connectivity index (χ0n) is 41.9. The van der Waals surface area contributed by atoms with Crippen LogP contribution in [0.3, 0.4) is 0 Å². The van der Waals surface area contributed by atoms with Crippen LogP contribution in [0.1, 0.15) is 55.9 Å². The Kier molecular flexibility index (Phi) is 15.2. The third-order valence-electron chi connectivity index (χ3n) is 13.6. The number of phenols is 1. The van der Waals surface area contributed by atoms with Crippen LogP contribution in [0.15, 0.2) is 139 Å². The Morgan fingerprint density at radius 3 is 1.88 bits per heavy atom. The number of aromatic carboxylic acids is 1. The van der Waals surface area contributed by atoms with Crippen molar-refractivity contribution in [1.29, 1.82) is 0 Å². The number of carboxylic acid groups (broad SMARTS) is 2. The second-order valence-electron chi connectivity index (χ2n) is 18.7. The Morgan fingerprint density at radius 2 is 1.29 bits per heavy atom. The second-order valence-corrected chi connectivity index (χ2v) is 25.3. The molecule has 0 bridgehead atoms. The fourth-order valence-corrected chi connectivity index (χ4v) is 14.2. The minimum atomic E-state index is -5.43. The van der Waals surface area contributed by atoms with Crippen LogP contribution in [-0.4, -0.2) is 134 Å². The molecule has 1 fully saturated rings. The number of para-hydroxylation sites is 2. The number of nitrogens with zero attached hydrogens (tertiary/aromatic N) is 4. The summed E-state index contributed by atoms with van der Waals surface area (Å²) in [5.74, 6) is -6.83. The van der Waals surface area contributed by atoms with E-state index in [0.717, 1.165) is 42.0 Å². The lowest BCUT2D eigenvalue weighted by Gasteiger charge is -2.34. The topological polar surface area (TPSA) is 350 Å². The molecular formula is C53H47N4O19S4+. The van der Waals surface area contributed by atoms with Crippen LogP contribution in [0.5, 0.6) is 5.75 Å². The van der Waals surface area contributed by atoms with Crippen molar-refractivity contribution >= 4 is 96.8 Å². The molecule has 0 unspecified atom stereocenters.